The standard InChI is InChI=1S/C23H38O3/c1-21(2)11-16-14(15-7-9-22(3,26)12-19(15)21)8-10-23(4)17(16)5-6-18(23)20(25)13-24/h14-19,24,26H,5-13H2,1-4H3/t14-,15-,16-,17+,18-,19+,22-,23+/m1/s1. The largest absolute Gasteiger partial charge is 0.390 e. The van der Waals surface area contributed by atoms with Gasteiger partial charge < -0.3 is 10.2 Å². The zero-order valence-electron chi connectivity index (χ0n) is 17.1. The van der Waals surface area contributed by atoms with Gasteiger partial charge in [0.25, 0.3) is 0 Å². The number of rotatable bonds is 2. The van der Waals surface area contributed by atoms with Crippen molar-refractivity contribution in [3.63, 3.8) is 0 Å². The second kappa shape index (κ2) is 6.04. The van der Waals surface area contributed by atoms with Crippen LogP contribution in [-0.4, -0.2) is 28.2 Å². The Bertz CT molecular complexity index is 580. The maximum absolute atomic E-state index is 12.4. The number of hydrogen-bond acceptors (Lipinski definition) is 3. The summed E-state index contributed by atoms with van der Waals surface area (Å²) >= 11 is 0. The monoisotopic (exact) mass is 362 g/mol. The molecule has 4 fully saturated rings. The third kappa shape index (κ3) is 2.71. The topological polar surface area (TPSA) is 57.5 Å². The van der Waals surface area contributed by atoms with Gasteiger partial charge in [-0.3, -0.25) is 4.79 Å². The summed E-state index contributed by atoms with van der Waals surface area (Å²) in [6.45, 7) is 8.96. The lowest BCUT2D eigenvalue weighted by molar-refractivity contribution is -0.151. The first-order valence-electron chi connectivity index (χ1n) is 10.9. The maximum atomic E-state index is 12.4. The highest BCUT2D eigenvalue weighted by atomic mass is 16.3. The molecule has 0 bridgehead atoms. The van der Waals surface area contributed by atoms with E-state index in [0.29, 0.717) is 11.8 Å². The number of aliphatic hydroxyl groups excluding tert-OH is 1. The van der Waals surface area contributed by atoms with E-state index in [1.165, 1.54) is 25.7 Å². The Hall–Kier alpha value is -0.410. The van der Waals surface area contributed by atoms with Crippen LogP contribution in [0.3, 0.4) is 0 Å². The van der Waals surface area contributed by atoms with Crippen molar-refractivity contribution < 1.29 is 15.0 Å². The van der Waals surface area contributed by atoms with E-state index in [4.69, 9.17) is 0 Å². The first-order chi connectivity index (χ1) is 12.1. The van der Waals surface area contributed by atoms with E-state index >= 15 is 0 Å². The van der Waals surface area contributed by atoms with E-state index in [1.807, 2.05) is 6.92 Å². The van der Waals surface area contributed by atoms with E-state index in [9.17, 15) is 15.0 Å². The first kappa shape index (κ1) is 18.9. The molecule has 0 saturated heterocycles. The van der Waals surface area contributed by atoms with Crippen LogP contribution in [0.25, 0.3) is 0 Å². The molecule has 0 aromatic carbocycles. The highest BCUT2D eigenvalue weighted by Crippen LogP contribution is 2.67. The van der Waals surface area contributed by atoms with Crippen molar-refractivity contribution in [1.82, 2.24) is 0 Å². The molecule has 3 heteroatoms. The van der Waals surface area contributed by atoms with Crippen molar-refractivity contribution in [1.29, 1.82) is 0 Å². The molecule has 0 unspecified atom stereocenters. The molecule has 8 atom stereocenters. The summed E-state index contributed by atoms with van der Waals surface area (Å²) in [7, 11) is 0. The number of carbonyl (C=O) groups excluding carboxylic acids is 1. The zero-order chi connectivity index (χ0) is 18.9. The summed E-state index contributed by atoms with van der Waals surface area (Å²) in [6.07, 6.45) is 8.86. The summed E-state index contributed by atoms with van der Waals surface area (Å²) < 4.78 is 0. The van der Waals surface area contributed by atoms with E-state index in [-0.39, 0.29) is 29.1 Å². The lowest BCUT2D eigenvalue weighted by atomic mass is 9.44. The SMILES string of the molecule is CC1(C)C[C@@H]2[C@H](CC[C@]3(C)[C@@H](C(=O)CO)CC[C@@H]23)[C@H]2CC[C@@](C)(O)C[C@@H]21. The maximum Gasteiger partial charge on any atom is 0.161 e. The Balaban J connectivity index is 1.63. The van der Waals surface area contributed by atoms with Crippen LogP contribution in [-0.2, 0) is 4.79 Å². The van der Waals surface area contributed by atoms with Gasteiger partial charge in [-0.05, 0) is 98.7 Å². The minimum atomic E-state index is -0.486. The van der Waals surface area contributed by atoms with Crippen LogP contribution in [0.5, 0.6) is 0 Å². The van der Waals surface area contributed by atoms with Crippen molar-refractivity contribution in [2.75, 3.05) is 6.61 Å². The van der Waals surface area contributed by atoms with Gasteiger partial charge in [-0.2, -0.15) is 0 Å². The minimum Gasteiger partial charge on any atom is -0.390 e. The first-order valence-corrected chi connectivity index (χ1v) is 10.9. The van der Waals surface area contributed by atoms with Gasteiger partial charge in [0, 0.05) is 5.92 Å². The fourth-order valence-electron chi connectivity index (χ4n) is 8.31. The quantitative estimate of drug-likeness (QED) is 0.774. The smallest absolute Gasteiger partial charge is 0.161 e. The molecular weight excluding hydrogens is 324 g/mol. The van der Waals surface area contributed by atoms with Crippen LogP contribution in [0.1, 0.15) is 79.1 Å². The molecule has 3 nitrogen and oxygen atoms in total. The average molecular weight is 363 g/mol. The molecule has 0 aliphatic heterocycles. The number of Topliss-reactive ketones (excluding diaryl/α,β-unsaturated/α-hetero) is 1. The Morgan fingerprint density at radius 1 is 0.885 bits per heavy atom. The van der Waals surface area contributed by atoms with Crippen molar-refractivity contribution in [2.24, 2.45) is 46.3 Å². The summed E-state index contributed by atoms with van der Waals surface area (Å²) in [5, 5.41) is 20.1. The van der Waals surface area contributed by atoms with Crippen molar-refractivity contribution >= 4 is 5.78 Å². The second-order valence-corrected chi connectivity index (χ2v) is 11.4. The molecule has 4 rings (SSSR count). The van der Waals surface area contributed by atoms with Gasteiger partial charge in [-0.1, -0.05) is 20.8 Å². The molecule has 0 spiro atoms. The number of ketones is 1. The number of aliphatic hydroxyl groups is 2. The third-order valence-electron chi connectivity index (χ3n) is 9.55. The van der Waals surface area contributed by atoms with E-state index in [2.05, 4.69) is 20.8 Å². The van der Waals surface area contributed by atoms with Gasteiger partial charge >= 0.3 is 0 Å². The van der Waals surface area contributed by atoms with E-state index in [1.54, 1.807) is 0 Å². The normalized spacial score (nSPS) is 52.7. The summed E-state index contributed by atoms with van der Waals surface area (Å²) in [6, 6.07) is 0. The van der Waals surface area contributed by atoms with Gasteiger partial charge in [0.05, 0.1) is 5.60 Å². The molecule has 0 amide bonds. The highest BCUT2D eigenvalue weighted by Gasteiger charge is 2.61. The molecule has 4 saturated carbocycles. The fourth-order valence-corrected chi connectivity index (χ4v) is 8.31. The predicted octanol–water partition coefficient (Wildman–Crippen LogP) is 4.20. The Labute approximate surface area is 158 Å². The van der Waals surface area contributed by atoms with Crippen LogP contribution < -0.4 is 0 Å². The lowest BCUT2D eigenvalue weighted by Gasteiger charge is -2.61. The van der Waals surface area contributed by atoms with Crippen LogP contribution in [0.15, 0.2) is 0 Å². The molecule has 0 radical (unpaired) electrons. The van der Waals surface area contributed by atoms with Crippen molar-refractivity contribution in [3.05, 3.63) is 0 Å². The lowest BCUT2D eigenvalue weighted by Crippen LogP contribution is -2.56. The van der Waals surface area contributed by atoms with Crippen LogP contribution in [0.4, 0.5) is 0 Å². The molecule has 0 heterocycles. The highest BCUT2D eigenvalue weighted by molar-refractivity contribution is 5.83. The minimum absolute atomic E-state index is 0.0753. The molecule has 148 valence electrons. The summed E-state index contributed by atoms with van der Waals surface area (Å²) in [4.78, 5) is 12.4. The van der Waals surface area contributed by atoms with E-state index in [0.717, 1.165) is 43.4 Å². The molecule has 26 heavy (non-hydrogen) atoms. The molecule has 4 aliphatic carbocycles. The fraction of sp³-hybridized carbons (Fsp3) is 0.957. The third-order valence-corrected chi connectivity index (χ3v) is 9.55. The summed E-state index contributed by atoms with van der Waals surface area (Å²) in [5.74, 6) is 3.69. The Morgan fingerprint density at radius 2 is 1.58 bits per heavy atom. The Kier molecular flexibility index (Phi) is 4.40. The predicted molar refractivity (Wildman–Crippen MR) is 102 cm³/mol. The molecule has 0 aromatic heterocycles. The van der Waals surface area contributed by atoms with Gasteiger partial charge in [0.15, 0.2) is 5.78 Å². The summed E-state index contributed by atoms with van der Waals surface area (Å²) in [5.41, 5.74) is -0.113. The van der Waals surface area contributed by atoms with Gasteiger partial charge in [-0.15, -0.1) is 0 Å². The van der Waals surface area contributed by atoms with Crippen LogP contribution >= 0.6 is 0 Å². The zero-order valence-corrected chi connectivity index (χ0v) is 17.1. The average Bonchev–Trinajstić information content (AvgIpc) is 2.91. The van der Waals surface area contributed by atoms with E-state index < -0.39 is 5.60 Å². The van der Waals surface area contributed by atoms with Crippen molar-refractivity contribution in [2.45, 2.75) is 84.7 Å². The number of carbonyl (C=O) groups is 1. The van der Waals surface area contributed by atoms with Crippen LogP contribution in [0, 0.1) is 46.3 Å². The molecule has 0 aromatic rings. The number of fused-ring (bicyclic) bond motifs is 5. The molecule has 2 N–H and O–H groups in total. The van der Waals surface area contributed by atoms with Crippen LogP contribution in [0.2, 0.25) is 0 Å². The van der Waals surface area contributed by atoms with Crippen molar-refractivity contribution in [3.8, 4) is 0 Å². The van der Waals surface area contributed by atoms with Gasteiger partial charge in [-0.25, -0.2) is 0 Å². The molecular formula is C23H38O3. The molecule has 4 aliphatic rings. The second-order valence-electron chi connectivity index (χ2n) is 11.4. The van der Waals surface area contributed by atoms with Gasteiger partial charge in [0.1, 0.15) is 6.61 Å². The van der Waals surface area contributed by atoms with Gasteiger partial charge in [0.2, 0.25) is 0 Å². The Morgan fingerprint density at radius 3 is 2.27 bits per heavy atom. The number of hydrogen-bond donors (Lipinski definition) is 2.